The van der Waals surface area contributed by atoms with Crippen LogP contribution in [0.2, 0.25) is 0 Å². The molecule has 1 heterocycles. The summed E-state index contributed by atoms with van der Waals surface area (Å²) < 4.78 is 0. The van der Waals surface area contributed by atoms with Crippen LogP contribution < -0.4 is 5.32 Å². The van der Waals surface area contributed by atoms with Gasteiger partial charge in [-0.25, -0.2) is 0 Å². The number of fused-ring (bicyclic) bond motifs is 1. The second-order valence-electron chi connectivity index (χ2n) is 3.31. The van der Waals surface area contributed by atoms with Gasteiger partial charge in [0.05, 0.1) is 6.42 Å². The van der Waals surface area contributed by atoms with Crippen molar-refractivity contribution in [3.8, 4) is 0 Å². The minimum atomic E-state index is -0.814. The number of allylic oxidation sites excluding steroid dienone is 2. The van der Waals surface area contributed by atoms with E-state index in [-0.39, 0.29) is 6.42 Å². The smallest absolute Gasteiger partial charge is 0.307 e. The fourth-order valence-electron chi connectivity index (χ4n) is 1.60. The van der Waals surface area contributed by atoms with E-state index in [0.717, 1.165) is 16.8 Å². The van der Waals surface area contributed by atoms with Gasteiger partial charge in [-0.05, 0) is 17.7 Å². The maximum atomic E-state index is 10.7. The number of anilines is 1. The predicted molar refractivity (Wildman–Crippen MR) is 59.4 cm³/mol. The van der Waals surface area contributed by atoms with Crippen molar-refractivity contribution in [1.82, 2.24) is 0 Å². The summed E-state index contributed by atoms with van der Waals surface area (Å²) in [7, 11) is 0. The van der Waals surface area contributed by atoms with E-state index in [1.807, 2.05) is 36.4 Å². The van der Waals surface area contributed by atoms with E-state index in [1.165, 1.54) is 0 Å². The van der Waals surface area contributed by atoms with Crippen LogP contribution in [0.1, 0.15) is 12.0 Å². The molecule has 0 saturated heterocycles. The van der Waals surface area contributed by atoms with Gasteiger partial charge < -0.3 is 10.4 Å². The standard InChI is InChI=1S/C12H11NO2/c14-12(15)8-9-4-3-7-13-11-6-2-1-5-10(9)11/h1-7,13H,8H2,(H,14,15). The summed E-state index contributed by atoms with van der Waals surface area (Å²) in [5.41, 5.74) is 2.71. The first-order chi connectivity index (χ1) is 7.27. The molecule has 1 aromatic rings. The molecule has 2 N–H and O–H groups in total. The van der Waals surface area contributed by atoms with Crippen molar-refractivity contribution in [2.24, 2.45) is 0 Å². The Morgan fingerprint density at radius 3 is 2.93 bits per heavy atom. The second-order valence-corrected chi connectivity index (χ2v) is 3.31. The van der Waals surface area contributed by atoms with Gasteiger partial charge in [-0.3, -0.25) is 4.79 Å². The topological polar surface area (TPSA) is 49.3 Å². The zero-order valence-corrected chi connectivity index (χ0v) is 8.10. The van der Waals surface area contributed by atoms with Crippen LogP contribution in [0.15, 0.2) is 42.6 Å². The Bertz CT molecular complexity index is 447. The highest BCUT2D eigenvalue weighted by Gasteiger charge is 2.11. The lowest BCUT2D eigenvalue weighted by Crippen LogP contribution is -1.98. The van der Waals surface area contributed by atoms with Crippen molar-refractivity contribution in [1.29, 1.82) is 0 Å². The third kappa shape index (κ3) is 2.07. The van der Waals surface area contributed by atoms with E-state index >= 15 is 0 Å². The van der Waals surface area contributed by atoms with E-state index in [9.17, 15) is 4.79 Å². The molecule has 1 aliphatic rings. The van der Waals surface area contributed by atoms with Crippen molar-refractivity contribution in [3.63, 3.8) is 0 Å². The van der Waals surface area contributed by atoms with Crippen molar-refractivity contribution in [2.45, 2.75) is 6.42 Å². The Balaban J connectivity index is 2.43. The Labute approximate surface area is 87.7 Å². The van der Waals surface area contributed by atoms with Crippen LogP contribution >= 0.6 is 0 Å². The first kappa shape index (κ1) is 9.52. The molecule has 1 aromatic carbocycles. The minimum Gasteiger partial charge on any atom is -0.481 e. The lowest BCUT2D eigenvalue weighted by Gasteiger charge is -2.08. The normalized spacial score (nSPS) is 13.5. The molecule has 0 atom stereocenters. The molecule has 0 bridgehead atoms. The number of carboxylic acids is 1. The maximum Gasteiger partial charge on any atom is 0.307 e. The first-order valence-corrected chi connectivity index (χ1v) is 4.71. The fourth-order valence-corrected chi connectivity index (χ4v) is 1.60. The molecule has 0 saturated carbocycles. The largest absolute Gasteiger partial charge is 0.481 e. The highest BCUT2D eigenvalue weighted by atomic mass is 16.4. The molecule has 15 heavy (non-hydrogen) atoms. The average Bonchev–Trinajstić information content (AvgIpc) is 2.41. The van der Waals surface area contributed by atoms with Crippen LogP contribution in [0, 0.1) is 0 Å². The highest BCUT2D eigenvalue weighted by molar-refractivity contribution is 5.89. The predicted octanol–water partition coefficient (Wildman–Crippen LogP) is 2.48. The number of aliphatic carboxylic acids is 1. The molecule has 2 rings (SSSR count). The summed E-state index contributed by atoms with van der Waals surface area (Å²) in [5.74, 6) is -0.814. The summed E-state index contributed by atoms with van der Waals surface area (Å²) in [6.45, 7) is 0. The molecule has 0 fully saturated rings. The average molecular weight is 201 g/mol. The number of rotatable bonds is 2. The molecule has 3 heteroatoms. The fraction of sp³-hybridized carbons (Fsp3) is 0.0833. The van der Waals surface area contributed by atoms with Gasteiger partial charge in [0, 0.05) is 17.5 Å². The van der Waals surface area contributed by atoms with Crippen LogP contribution in [0.5, 0.6) is 0 Å². The summed E-state index contributed by atoms with van der Waals surface area (Å²) in [4.78, 5) is 10.7. The van der Waals surface area contributed by atoms with Crippen molar-refractivity contribution in [2.75, 3.05) is 5.32 Å². The number of benzene rings is 1. The number of hydrogen-bond donors (Lipinski definition) is 2. The van der Waals surface area contributed by atoms with Gasteiger partial charge in [0.1, 0.15) is 0 Å². The molecule has 3 nitrogen and oxygen atoms in total. The van der Waals surface area contributed by atoms with Crippen molar-refractivity contribution < 1.29 is 9.90 Å². The summed E-state index contributed by atoms with van der Waals surface area (Å²) in [5, 5.41) is 11.9. The Kier molecular flexibility index (Phi) is 2.54. The molecular formula is C12H11NO2. The highest BCUT2D eigenvalue weighted by Crippen LogP contribution is 2.27. The SMILES string of the molecule is O=C(O)CC1=CC=CNc2ccccc21. The zero-order valence-electron chi connectivity index (χ0n) is 8.10. The number of para-hydroxylation sites is 1. The van der Waals surface area contributed by atoms with E-state index in [1.54, 1.807) is 6.20 Å². The third-order valence-corrected chi connectivity index (χ3v) is 2.25. The van der Waals surface area contributed by atoms with Gasteiger partial charge in [-0.1, -0.05) is 24.3 Å². The molecule has 0 aliphatic carbocycles. The minimum absolute atomic E-state index is 0.0447. The van der Waals surface area contributed by atoms with Gasteiger partial charge in [0.2, 0.25) is 0 Å². The van der Waals surface area contributed by atoms with Gasteiger partial charge in [-0.2, -0.15) is 0 Å². The van der Waals surface area contributed by atoms with Gasteiger partial charge in [0.25, 0.3) is 0 Å². The van der Waals surface area contributed by atoms with Crippen LogP contribution in [0.25, 0.3) is 5.57 Å². The van der Waals surface area contributed by atoms with Gasteiger partial charge >= 0.3 is 5.97 Å². The molecule has 0 aromatic heterocycles. The van der Waals surface area contributed by atoms with E-state index in [0.29, 0.717) is 0 Å². The summed E-state index contributed by atoms with van der Waals surface area (Å²) >= 11 is 0. The van der Waals surface area contributed by atoms with Crippen LogP contribution in [-0.4, -0.2) is 11.1 Å². The Morgan fingerprint density at radius 2 is 2.13 bits per heavy atom. The molecular weight excluding hydrogens is 190 g/mol. The molecule has 0 spiro atoms. The number of carbonyl (C=O) groups is 1. The lowest BCUT2D eigenvalue weighted by atomic mass is 10.0. The molecule has 76 valence electrons. The number of carboxylic acid groups (broad SMARTS) is 1. The molecule has 0 unspecified atom stereocenters. The Morgan fingerprint density at radius 1 is 1.33 bits per heavy atom. The number of hydrogen-bond acceptors (Lipinski definition) is 2. The monoisotopic (exact) mass is 201 g/mol. The van der Waals surface area contributed by atoms with E-state index < -0.39 is 5.97 Å². The van der Waals surface area contributed by atoms with Crippen molar-refractivity contribution in [3.05, 3.63) is 48.2 Å². The zero-order chi connectivity index (χ0) is 10.7. The second kappa shape index (κ2) is 4.00. The lowest BCUT2D eigenvalue weighted by molar-refractivity contribution is -0.135. The first-order valence-electron chi connectivity index (χ1n) is 4.71. The van der Waals surface area contributed by atoms with Gasteiger partial charge in [0.15, 0.2) is 0 Å². The van der Waals surface area contributed by atoms with Crippen LogP contribution in [0.3, 0.4) is 0 Å². The molecule has 0 amide bonds. The van der Waals surface area contributed by atoms with E-state index in [4.69, 9.17) is 5.11 Å². The van der Waals surface area contributed by atoms with Crippen molar-refractivity contribution >= 4 is 17.2 Å². The maximum absolute atomic E-state index is 10.7. The van der Waals surface area contributed by atoms with E-state index in [2.05, 4.69) is 5.32 Å². The third-order valence-electron chi connectivity index (χ3n) is 2.25. The quantitative estimate of drug-likeness (QED) is 0.772. The molecule has 1 aliphatic heterocycles. The van der Waals surface area contributed by atoms with Crippen LogP contribution in [-0.2, 0) is 4.79 Å². The summed E-state index contributed by atoms with van der Waals surface area (Å²) in [6.07, 6.45) is 5.49. The number of nitrogens with one attached hydrogen (secondary N) is 1. The van der Waals surface area contributed by atoms with Gasteiger partial charge in [-0.15, -0.1) is 0 Å². The van der Waals surface area contributed by atoms with Crippen LogP contribution in [0.4, 0.5) is 5.69 Å². The Hall–Kier alpha value is -2.03. The molecule has 0 radical (unpaired) electrons. The summed E-state index contributed by atoms with van der Waals surface area (Å²) in [6, 6.07) is 7.68.